The van der Waals surface area contributed by atoms with E-state index in [2.05, 4.69) is 16.7 Å². The standard InChI is InChI=1S/C18H23N3O2S/c1-20-10-16(9-19-20)15-8-18(23-11-15)4-2-5-21(13-18)17(22)7-14-3-6-24-12-14/h3,6,9-10,12,15H,2,4-5,7-8,11,13H2,1H3/t15-,18-/m0/s1. The van der Waals surface area contributed by atoms with Crippen LogP contribution in [0.1, 0.15) is 36.3 Å². The average molecular weight is 345 g/mol. The van der Waals surface area contributed by atoms with Crippen molar-refractivity contribution in [2.45, 2.75) is 37.2 Å². The van der Waals surface area contributed by atoms with Gasteiger partial charge >= 0.3 is 0 Å². The number of hydrogen-bond acceptors (Lipinski definition) is 4. The lowest BCUT2D eigenvalue weighted by Gasteiger charge is -2.39. The van der Waals surface area contributed by atoms with Crippen molar-refractivity contribution in [3.8, 4) is 0 Å². The smallest absolute Gasteiger partial charge is 0.227 e. The van der Waals surface area contributed by atoms with Crippen LogP contribution >= 0.6 is 11.3 Å². The number of carbonyl (C=O) groups excluding carboxylic acids is 1. The van der Waals surface area contributed by atoms with Crippen molar-refractivity contribution in [2.75, 3.05) is 19.7 Å². The van der Waals surface area contributed by atoms with E-state index in [-0.39, 0.29) is 11.5 Å². The van der Waals surface area contributed by atoms with Crippen LogP contribution in [0.3, 0.4) is 0 Å². The highest BCUT2D eigenvalue weighted by Gasteiger charge is 2.45. The number of amides is 1. The van der Waals surface area contributed by atoms with Gasteiger partial charge in [0.05, 0.1) is 24.8 Å². The molecular weight excluding hydrogens is 322 g/mol. The Balaban J connectivity index is 1.42. The number of rotatable bonds is 3. The second-order valence-electron chi connectivity index (χ2n) is 7.07. The molecule has 0 unspecified atom stereocenters. The normalized spacial score (nSPS) is 27.0. The molecule has 0 radical (unpaired) electrons. The molecule has 0 aromatic carbocycles. The minimum absolute atomic E-state index is 0.164. The van der Waals surface area contributed by atoms with Crippen LogP contribution in [0.4, 0.5) is 0 Å². The Morgan fingerprint density at radius 1 is 1.54 bits per heavy atom. The fraction of sp³-hybridized carbons (Fsp3) is 0.556. The van der Waals surface area contributed by atoms with E-state index in [4.69, 9.17) is 4.74 Å². The molecule has 6 heteroatoms. The predicted molar refractivity (Wildman–Crippen MR) is 93.1 cm³/mol. The summed E-state index contributed by atoms with van der Waals surface area (Å²) in [6.07, 6.45) is 7.58. The molecule has 1 spiro atoms. The first-order valence-corrected chi connectivity index (χ1v) is 9.49. The van der Waals surface area contributed by atoms with Crippen molar-refractivity contribution in [3.05, 3.63) is 40.3 Å². The third kappa shape index (κ3) is 3.13. The number of thiophene rings is 1. The van der Waals surface area contributed by atoms with Gasteiger partial charge in [-0.2, -0.15) is 16.4 Å². The van der Waals surface area contributed by atoms with Gasteiger partial charge in [0.15, 0.2) is 0 Å². The molecule has 2 aliphatic heterocycles. The number of likely N-dealkylation sites (tertiary alicyclic amines) is 1. The lowest BCUT2D eigenvalue weighted by atomic mass is 9.85. The predicted octanol–water partition coefficient (Wildman–Crippen LogP) is 2.59. The van der Waals surface area contributed by atoms with Crippen molar-refractivity contribution in [3.63, 3.8) is 0 Å². The van der Waals surface area contributed by atoms with Crippen LogP contribution in [0.25, 0.3) is 0 Å². The molecule has 2 aliphatic rings. The molecule has 2 aromatic rings. The molecule has 4 heterocycles. The van der Waals surface area contributed by atoms with Crippen LogP contribution in [0.15, 0.2) is 29.2 Å². The third-order valence-electron chi connectivity index (χ3n) is 5.23. The Kier molecular flexibility index (Phi) is 4.18. The van der Waals surface area contributed by atoms with E-state index in [9.17, 15) is 4.79 Å². The minimum Gasteiger partial charge on any atom is -0.372 e. The average Bonchev–Trinajstić information content (AvgIpc) is 3.30. The highest BCUT2D eigenvalue weighted by atomic mass is 32.1. The van der Waals surface area contributed by atoms with E-state index in [1.165, 1.54) is 5.56 Å². The molecule has 128 valence electrons. The summed E-state index contributed by atoms with van der Waals surface area (Å²) in [4.78, 5) is 14.6. The molecule has 1 amide bonds. The van der Waals surface area contributed by atoms with Gasteiger partial charge in [0.2, 0.25) is 5.91 Å². The minimum atomic E-state index is -0.164. The summed E-state index contributed by atoms with van der Waals surface area (Å²) in [5.74, 6) is 0.617. The molecular formula is C18H23N3O2S. The fourth-order valence-electron chi connectivity index (χ4n) is 3.98. The van der Waals surface area contributed by atoms with Gasteiger partial charge in [0.25, 0.3) is 0 Å². The number of carbonyl (C=O) groups is 1. The largest absolute Gasteiger partial charge is 0.372 e. The topological polar surface area (TPSA) is 47.4 Å². The Morgan fingerprint density at radius 2 is 2.46 bits per heavy atom. The molecule has 0 aliphatic carbocycles. The summed E-state index contributed by atoms with van der Waals surface area (Å²) in [6.45, 7) is 2.32. The Hall–Kier alpha value is -1.66. The lowest BCUT2D eigenvalue weighted by molar-refractivity contribution is -0.138. The van der Waals surface area contributed by atoms with Crippen LogP contribution < -0.4 is 0 Å². The van der Waals surface area contributed by atoms with Crippen molar-refractivity contribution in [2.24, 2.45) is 7.05 Å². The summed E-state index contributed by atoms with van der Waals surface area (Å²) < 4.78 is 8.09. The zero-order valence-electron chi connectivity index (χ0n) is 14.0. The van der Waals surface area contributed by atoms with Crippen LogP contribution in [-0.2, 0) is 23.0 Å². The van der Waals surface area contributed by atoms with Crippen molar-refractivity contribution in [1.29, 1.82) is 0 Å². The van der Waals surface area contributed by atoms with Crippen LogP contribution in [0.2, 0.25) is 0 Å². The Bertz CT molecular complexity index is 712. The van der Waals surface area contributed by atoms with Crippen molar-refractivity contribution >= 4 is 17.2 Å². The third-order valence-corrected chi connectivity index (χ3v) is 5.97. The summed E-state index contributed by atoms with van der Waals surface area (Å²) >= 11 is 1.64. The van der Waals surface area contributed by atoms with E-state index in [1.807, 2.05) is 34.3 Å². The highest BCUT2D eigenvalue weighted by molar-refractivity contribution is 7.07. The second kappa shape index (κ2) is 6.33. The van der Waals surface area contributed by atoms with Gasteiger partial charge in [-0.3, -0.25) is 9.48 Å². The number of ether oxygens (including phenoxy) is 1. The first-order valence-electron chi connectivity index (χ1n) is 8.55. The molecule has 4 rings (SSSR count). The maximum atomic E-state index is 12.6. The maximum Gasteiger partial charge on any atom is 0.227 e. The number of piperidine rings is 1. The SMILES string of the molecule is Cn1cc([C@@H]2CO[C@@]3(CCCN(C(=O)Cc4ccsc4)C3)C2)cn1. The molecule has 0 bridgehead atoms. The van der Waals surface area contributed by atoms with Gasteiger partial charge in [0.1, 0.15) is 0 Å². The van der Waals surface area contributed by atoms with Gasteiger partial charge in [-0.05, 0) is 47.2 Å². The quantitative estimate of drug-likeness (QED) is 0.859. The molecule has 24 heavy (non-hydrogen) atoms. The maximum absolute atomic E-state index is 12.6. The number of aryl methyl sites for hydroxylation is 1. The summed E-state index contributed by atoms with van der Waals surface area (Å²) in [5, 5.41) is 8.36. The summed E-state index contributed by atoms with van der Waals surface area (Å²) in [5.41, 5.74) is 2.20. The van der Waals surface area contributed by atoms with Crippen molar-refractivity contribution < 1.29 is 9.53 Å². The van der Waals surface area contributed by atoms with Gasteiger partial charge in [-0.15, -0.1) is 0 Å². The molecule has 2 aromatic heterocycles. The molecule has 2 saturated heterocycles. The van der Waals surface area contributed by atoms with Gasteiger partial charge in [-0.25, -0.2) is 0 Å². The number of hydrogen-bond donors (Lipinski definition) is 0. The highest BCUT2D eigenvalue weighted by Crippen LogP contribution is 2.41. The molecule has 2 atom stereocenters. The van der Waals surface area contributed by atoms with Gasteiger partial charge < -0.3 is 9.64 Å². The zero-order chi connectivity index (χ0) is 16.6. The summed E-state index contributed by atoms with van der Waals surface area (Å²) in [7, 11) is 1.94. The van der Waals surface area contributed by atoms with Crippen LogP contribution in [-0.4, -0.2) is 45.9 Å². The number of nitrogens with zero attached hydrogens (tertiary/aromatic N) is 3. The Labute approximate surface area is 146 Å². The first-order chi connectivity index (χ1) is 11.6. The zero-order valence-corrected chi connectivity index (χ0v) is 14.8. The van der Waals surface area contributed by atoms with E-state index in [0.29, 0.717) is 12.3 Å². The lowest BCUT2D eigenvalue weighted by Crippen LogP contribution is -2.50. The number of aromatic nitrogens is 2. The van der Waals surface area contributed by atoms with E-state index in [1.54, 1.807) is 11.3 Å². The van der Waals surface area contributed by atoms with Gasteiger partial charge in [-0.1, -0.05) is 0 Å². The Morgan fingerprint density at radius 3 is 3.21 bits per heavy atom. The van der Waals surface area contributed by atoms with Crippen molar-refractivity contribution in [1.82, 2.24) is 14.7 Å². The molecule has 5 nitrogen and oxygen atoms in total. The van der Waals surface area contributed by atoms with E-state index >= 15 is 0 Å². The van der Waals surface area contributed by atoms with Crippen LogP contribution in [0.5, 0.6) is 0 Å². The molecule has 2 fully saturated rings. The monoisotopic (exact) mass is 345 g/mol. The molecule has 0 saturated carbocycles. The fourth-order valence-corrected chi connectivity index (χ4v) is 4.65. The van der Waals surface area contributed by atoms with Gasteiger partial charge in [0, 0.05) is 32.3 Å². The molecule has 0 N–H and O–H groups in total. The van der Waals surface area contributed by atoms with E-state index in [0.717, 1.165) is 44.5 Å². The van der Waals surface area contributed by atoms with Crippen LogP contribution in [0, 0.1) is 0 Å². The summed E-state index contributed by atoms with van der Waals surface area (Å²) in [6, 6.07) is 2.03. The second-order valence-corrected chi connectivity index (χ2v) is 7.85. The first kappa shape index (κ1) is 15.8. The van der Waals surface area contributed by atoms with E-state index < -0.39 is 0 Å².